The maximum Gasteiger partial charge on any atom is 0.0870 e. The Bertz CT molecular complexity index is 669. The molecule has 5 heteroatoms. The van der Waals surface area contributed by atoms with E-state index in [9.17, 15) is 4.21 Å². The molecule has 2 aromatic rings. The highest BCUT2D eigenvalue weighted by atomic mass is 32.2. The summed E-state index contributed by atoms with van der Waals surface area (Å²) in [6.45, 7) is 6.90. The fraction of sp³-hybridized carbons (Fsp3) is 0.333. The van der Waals surface area contributed by atoms with Crippen molar-refractivity contribution in [2.24, 2.45) is 0 Å². The van der Waals surface area contributed by atoms with Gasteiger partial charge in [0.05, 0.1) is 21.4 Å². The molecule has 1 saturated heterocycles. The number of piperazine rings is 1. The lowest BCUT2D eigenvalue weighted by Gasteiger charge is -2.30. The molecule has 4 nitrogen and oxygen atoms in total. The van der Waals surface area contributed by atoms with Gasteiger partial charge in [-0.3, -0.25) is 0 Å². The second-order valence-electron chi connectivity index (χ2n) is 5.53. The van der Waals surface area contributed by atoms with Gasteiger partial charge < -0.3 is 15.5 Å². The van der Waals surface area contributed by atoms with E-state index < -0.39 is 10.8 Å². The normalized spacial score (nSPS) is 16.1. The average Bonchev–Trinajstić information content (AvgIpc) is 2.63. The number of hydrogen-bond acceptors (Lipinski definition) is 4. The highest BCUT2D eigenvalue weighted by Crippen LogP contribution is 2.29. The molecule has 0 radical (unpaired) electrons. The predicted octanol–water partition coefficient (Wildman–Crippen LogP) is 2.69. The standard InChI is InChI=1S/C18H23N3OS/c1-2-20-17-14-15(21-12-10-19-11-13-21)8-9-18(17)23(22)16-6-4-3-5-7-16/h3-9,14,19-20H,2,10-13H2,1H3. The van der Waals surface area contributed by atoms with Crippen LogP contribution in [0.15, 0.2) is 58.3 Å². The summed E-state index contributed by atoms with van der Waals surface area (Å²) in [6.07, 6.45) is 0. The largest absolute Gasteiger partial charge is 0.384 e. The van der Waals surface area contributed by atoms with Crippen molar-refractivity contribution in [2.75, 3.05) is 42.9 Å². The van der Waals surface area contributed by atoms with Gasteiger partial charge in [-0.25, -0.2) is 4.21 Å². The summed E-state index contributed by atoms with van der Waals surface area (Å²) in [4.78, 5) is 4.05. The molecule has 3 rings (SSSR count). The first-order valence-electron chi connectivity index (χ1n) is 8.10. The molecule has 0 aromatic heterocycles. The number of rotatable bonds is 5. The van der Waals surface area contributed by atoms with Crippen molar-refractivity contribution in [3.63, 3.8) is 0 Å². The van der Waals surface area contributed by atoms with Crippen LogP contribution in [-0.4, -0.2) is 36.9 Å². The molecule has 2 N–H and O–H groups in total. The van der Waals surface area contributed by atoms with Gasteiger partial charge in [-0.15, -0.1) is 0 Å². The topological polar surface area (TPSA) is 44.4 Å². The van der Waals surface area contributed by atoms with E-state index in [1.807, 2.05) is 36.4 Å². The molecule has 0 spiro atoms. The lowest BCUT2D eigenvalue weighted by molar-refractivity contribution is 0.589. The molecule has 1 aliphatic heterocycles. The molecule has 1 fully saturated rings. The van der Waals surface area contributed by atoms with E-state index in [-0.39, 0.29) is 0 Å². The third-order valence-corrected chi connectivity index (χ3v) is 5.43. The Kier molecular flexibility index (Phi) is 5.31. The second-order valence-corrected chi connectivity index (χ2v) is 6.98. The highest BCUT2D eigenvalue weighted by Gasteiger charge is 2.16. The van der Waals surface area contributed by atoms with E-state index in [2.05, 4.69) is 34.6 Å². The van der Waals surface area contributed by atoms with Gasteiger partial charge in [0.25, 0.3) is 0 Å². The van der Waals surface area contributed by atoms with Crippen molar-refractivity contribution >= 4 is 22.2 Å². The molecule has 0 bridgehead atoms. The molecule has 1 unspecified atom stereocenters. The number of nitrogens with one attached hydrogen (secondary N) is 2. The zero-order chi connectivity index (χ0) is 16.1. The number of hydrogen-bond donors (Lipinski definition) is 2. The first kappa shape index (κ1) is 16.0. The van der Waals surface area contributed by atoms with Crippen LogP contribution in [0.25, 0.3) is 0 Å². The van der Waals surface area contributed by atoms with Crippen LogP contribution < -0.4 is 15.5 Å². The monoisotopic (exact) mass is 329 g/mol. The van der Waals surface area contributed by atoms with E-state index >= 15 is 0 Å². The van der Waals surface area contributed by atoms with Gasteiger partial charge in [-0.1, -0.05) is 18.2 Å². The minimum absolute atomic E-state index is 0.810. The molecule has 1 heterocycles. The van der Waals surface area contributed by atoms with E-state index in [0.29, 0.717) is 0 Å². The lowest BCUT2D eigenvalue weighted by Crippen LogP contribution is -2.43. The number of nitrogens with zero attached hydrogens (tertiary/aromatic N) is 1. The number of benzene rings is 2. The summed E-state index contributed by atoms with van der Waals surface area (Å²) in [5, 5.41) is 6.74. The molecule has 23 heavy (non-hydrogen) atoms. The summed E-state index contributed by atoms with van der Waals surface area (Å²) in [7, 11) is -1.17. The maximum atomic E-state index is 12.9. The summed E-state index contributed by atoms with van der Waals surface area (Å²) in [6, 6.07) is 15.8. The van der Waals surface area contributed by atoms with Gasteiger partial charge in [-0.2, -0.15) is 0 Å². The molecule has 2 aromatic carbocycles. The van der Waals surface area contributed by atoms with E-state index in [1.54, 1.807) is 0 Å². The zero-order valence-corrected chi connectivity index (χ0v) is 14.2. The van der Waals surface area contributed by atoms with Crippen LogP contribution in [0.2, 0.25) is 0 Å². The molecular formula is C18H23N3OS. The van der Waals surface area contributed by atoms with Gasteiger partial charge >= 0.3 is 0 Å². The van der Waals surface area contributed by atoms with Crippen LogP contribution in [0.4, 0.5) is 11.4 Å². The SMILES string of the molecule is CCNc1cc(N2CCNCC2)ccc1S(=O)c1ccccc1. The first-order valence-corrected chi connectivity index (χ1v) is 9.25. The van der Waals surface area contributed by atoms with E-state index in [0.717, 1.165) is 48.2 Å². The molecule has 1 atom stereocenters. The van der Waals surface area contributed by atoms with Crippen molar-refractivity contribution in [1.82, 2.24) is 5.32 Å². The van der Waals surface area contributed by atoms with Gasteiger partial charge in [0.15, 0.2) is 0 Å². The third kappa shape index (κ3) is 3.74. The molecule has 0 aliphatic carbocycles. The second kappa shape index (κ2) is 7.62. The Labute approximate surface area is 140 Å². The van der Waals surface area contributed by atoms with Crippen LogP contribution >= 0.6 is 0 Å². The first-order chi connectivity index (χ1) is 11.3. The van der Waals surface area contributed by atoms with Gasteiger partial charge in [0, 0.05) is 43.3 Å². The Morgan fingerprint density at radius 2 is 1.87 bits per heavy atom. The summed E-state index contributed by atoms with van der Waals surface area (Å²) < 4.78 is 12.9. The minimum Gasteiger partial charge on any atom is -0.384 e. The summed E-state index contributed by atoms with van der Waals surface area (Å²) in [5.74, 6) is 0. The zero-order valence-electron chi connectivity index (χ0n) is 13.4. The van der Waals surface area contributed by atoms with Gasteiger partial charge in [0.2, 0.25) is 0 Å². The Morgan fingerprint density at radius 1 is 1.13 bits per heavy atom. The minimum atomic E-state index is -1.17. The van der Waals surface area contributed by atoms with E-state index in [4.69, 9.17) is 0 Å². The summed E-state index contributed by atoms with van der Waals surface area (Å²) >= 11 is 0. The van der Waals surface area contributed by atoms with Crippen molar-refractivity contribution in [2.45, 2.75) is 16.7 Å². The molecule has 122 valence electrons. The van der Waals surface area contributed by atoms with Gasteiger partial charge in [0.1, 0.15) is 0 Å². The van der Waals surface area contributed by atoms with Crippen LogP contribution in [0, 0.1) is 0 Å². The van der Waals surface area contributed by atoms with Crippen molar-refractivity contribution in [1.29, 1.82) is 0 Å². The van der Waals surface area contributed by atoms with Crippen LogP contribution in [-0.2, 0) is 10.8 Å². The molecular weight excluding hydrogens is 306 g/mol. The van der Waals surface area contributed by atoms with Crippen LogP contribution in [0.3, 0.4) is 0 Å². The molecule has 0 amide bonds. The Hall–Kier alpha value is -1.85. The van der Waals surface area contributed by atoms with Crippen LogP contribution in [0.5, 0.6) is 0 Å². The summed E-state index contributed by atoms with van der Waals surface area (Å²) in [5.41, 5.74) is 2.15. The van der Waals surface area contributed by atoms with Crippen LogP contribution in [0.1, 0.15) is 6.92 Å². The Morgan fingerprint density at radius 3 is 2.57 bits per heavy atom. The highest BCUT2D eigenvalue weighted by molar-refractivity contribution is 7.85. The van der Waals surface area contributed by atoms with Crippen molar-refractivity contribution in [3.05, 3.63) is 48.5 Å². The van der Waals surface area contributed by atoms with Crippen molar-refractivity contribution < 1.29 is 4.21 Å². The Balaban J connectivity index is 1.92. The van der Waals surface area contributed by atoms with Gasteiger partial charge in [-0.05, 0) is 37.3 Å². The molecule has 0 saturated carbocycles. The number of anilines is 2. The third-order valence-electron chi connectivity index (χ3n) is 3.97. The smallest absolute Gasteiger partial charge is 0.0870 e. The quantitative estimate of drug-likeness (QED) is 0.885. The molecule has 1 aliphatic rings. The fourth-order valence-corrected chi connectivity index (χ4v) is 3.98. The lowest BCUT2D eigenvalue weighted by atomic mass is 10.2. The predicted molar refractivity (Wildman–Crippen MR) is 96.8 cm³/mol. The van der Waals surface area contributed by atoms with Crippen molar-refractivity contribution in [3.8, 4) is 0 Å². The average molecular weight is 329 g/mol. The fourth-order valence-electron chi connectivity index (χ4n) is 2.80. The maximum absolute atomic E-state index is 12.9. The van der Waals surface area contributed by atoms with E-state index in [1.165, 1.54) is 5.69 Å².